The van der Waals surface area contributed by atoms with Crippen LogP contribution in [0, 0.1) is 5.92 Å². The third-order valence-corrected chi connectivity index (χ3v) is 6.75. The SMILES string of the molecule is CO[C@H](C(=O)Nc1nnc(CC2CCC(c3cccnn3)CC2)s1)c1cccc(OC(F)(F)F)c1. The number of nitrogens with zero attached hydrogens (tertiary/aromatic N) is 4. The lowest BCUT2D eigenvalue weighted by atomic mass is 9.79. The molecular formula is C23H24F3N5O3S. The van der Waals surface area contributed by atoms with Crippen molar-refractivity contribution in [1.82, 2.24) is 20.4 Å². The Labute approximate surface area is 203 Å². The maximum Gasteiger partial charge on any atom is 0.573 e. The molecule has 0 unspecified atom stereocenters. The van der Waals surface area contributed by atoms with Gasteiger partial charge >= 0.3 is 6.36 Å². The van der Waals surface area contributed by atoms with Crippen LogP contribution in [0.4, 0.5) is 18.3 Å². The molecule has 1 aliphatic carbocycles. The lowest BCUT2D eigenvalue weighted by Crippen LogP contribution is -2.23. The van der Waals surface area contributed by atoms with Crippen LogP contribution >= 0.6 is 11.3 Å². The Morgan fingerprint density at radius 1 is 1.14 bits per heavy atom. The maximum absolute atomic E-state index is 12.7. The number of halogens is 3. The minimum Gasteiger partial charge on any atom is -0.406 e. The Morgan fingerprint density at radius 3 is 2.63 bits per heavy atom. The van der Waals surface area contributed by atoms with Gasteiger partial charge in [0, 0.05) is 25.6 Å². The monoisotopic (exact) mass is 507 g/mol. The van der Waals surface area contributed by atoms with Gasteiger partial charge in [-0.3, -0.25) is 10.1 Å². The molecule has 3 aromatic rings. The van der Waals surface area contributed by atoms with Crippen molar-refractivity contribution in [2.45, 2.75) is 50.5 Å². The first-order valence-corrected chi connectivity index (χ1v) is 11.9. The molecule has 0 spiro atoms. The smallest absolute Gasteiger partial charge is 0.406 e. The Morgan fingerprint density at radius 2 is 1.94 bits per heavy atom. The van der Waals surface area contributed by atoms with Crippen molar-refractivity contribution in [2.24, 2.45) is 5.92 Å². The number of carbonyl (C=O) groups excluding carboxylic acids is 1. The minimum atomic E-state index is -4.83. The van der Waals surface area contributed by atoms with E-state index in [1.807, 2.05) is 12.1 Å². The van der Waals surface area contributed by atoms with Crippen LogP contribution < -0.4 is 10.1 Å². The average Bonchev–Trinajstić information content (AvgIpc) is 3.26. The molecule has 1 aromatic carbocycles. The van der Waals surface area contributed by atoms with Crippen molar-refractivity contribution < 1.29 is 27.4 Å². The van der Waals surface area contributed by atoms with Gasteiger partial charge in [0.25, 0.3) is 5.91 Å². The van der Waals surface area contributed by atoms with E-state index in [0.717, 1.165) is 54.9 Å². The normalized spacial score (nSPS) is 19.2. The van der Waals surface area contributed by atoms with Crippen LogP contribution in [0.15, 0.2) is 42.6 Å². The summed E-state index contributed by atoms with van der Waals surface area (Å²) in [5.41, 5.74) is 1.26. The van der Waals surface area contributed by atoms with E-state index in [9.17, 15) is 18.0 Å². The molecule has 186 valence electrons. The fraction of sp³-hybridized carbons (Fsp3) is 0.435. The molecule has 12 heteroatoms. The molecule has 1 fully saturated rings. The molecule has 0 bridgehead atoms. The molecule has 1 saturated carbocycles. The van der Waals surface area contributed by atoms with E-state index in [1.165, 1.54) is 30.6 Å². The molecule has 0 saturated heterocycles. The summed E-state index contributed by atoms with van der Waals surface area (Å²) < 4.78 is 46.7. The summed E-state index contributed by atoms with van der Waals surface area (Å²) in [7, 11) is 1.30. The van der Waals surface area contributed by atoms with Crippen LogP contribution in [0.25, 0.3) is 0 Å². The summed E-state index contributed by atoms with van der Waals surface area (Å²) in [6, 6.07) is 9.04. The third kappa shape index (κ3) is 6.95. The third-order valence-electron chi connectivity index (χ3n) is 5.89. The number of rotatable bonds is 8. The van der Waals surface area contributed by atoms with Gasteiger partial charge in [-0.05, 0) is 61.4 Å². The van der Waals surface area contributed by atoms with Gasteiger partial charge in [0.15, 0.2) is 6.10 Å². The van der Waals surface area contributed by atoms with Crippen LogP contribution in [0.5, 0.6) is 5.75 Å². The van der Waals surface area contributed by atoms with Gasteiger partial charge < -0.3 is 9.47 Å². The summed E-state index contributed by atoms with van der Waals surface area (Å²) in [4.78, 5) is 12.7. The summed E-state index contributed by atoms with van der Waals surface area (Å²) >= 11 is 1.28. The number of ether oxygens (including phenoxy) is 2. The van der Waals surface area contributed by atoms with Crippen molar-refractivity contribution in [3.63, 3.8) is 0 Å². The highest BCUT2D eigenvalue weighted by molar-refractivity contribution is 7.15. The second-order valence-electron chi connectivity index (χ2n) is 8.30. The Bertz CT molecular complexity index is 1120. The first kappa shape index (κ1) is 25.0. The predicted molar refractivity (Wildman–Crippen MR) is 122 cm³/mol. The van der Waals surface area contributed by atoms with Gasteiger partial charge in [-0.1, -0.05) is 23.5 Å². The first-order valence-electron chi connectivity index (χ1n) is 11.1. The van der Waals surface area contributed by atoms with Crippen LogP contribution in [0.1, 0.15) is 54.0 Å². The van der Waals surface area contributed by atoms with E-state index >= 15 is 0 Å². The Kier molecular flexibility index (Phi) is 7.91. The standard InChI is InChI=1S/C23H24F3N5O3S/c1-33-20(16-4-2-5-17(13-16)34-23(24,25)26)21(32)28-22-31-30-19(35-22)12-14-7-9-15(10-8-14)18-6-3-11-27-29-18/h2-6,11,13-15,20H,7-10,12H2,1H3,(H,28,31,32)/t14?,15?,20-/m0/s1. The molecule has 35 heavy (non-hydrogen) atoms. The van der Waals surface area contributed by atoms with E-state index in [-0.39, 0.29) is 5.56 Å². The second kappa shape index (κ2) is 11.1. The topological polar surface area (TPSA) is 99.1 Å². The molecule has 2 aromatic heterocycles. The molecular weight excluding hydrogens is 483 g/mol. The van der Waals surface area contributed by atoms with Crippen molar-refractivity contribution >= 4 is 22.4 Å². The van der Waals surface area contributed by atoms with Gasteiger partial charge in [-0.2, -0.15) is 10.2 Å². The fourth-order valence-corrected chi connectivity index (χ4v) is 5.12. The van der Waals surface area contributed by atoms with E-state index in [0.29, 0.717) is 17.0 Å². The van der Waals surface area contributed by atoms with Crippen LogP contribution in [-0.2, 0) is 16.0 Å². The number of alkyl halides is 3. The average molecular weight is 508 g/mol. The summed E-state index contributed by atoms with van der Waals surface area (Å²) in [6.07, 6.45) is 0.642. The first-order chi connectivity index (χ1) is 16.8. The largest absolute Gasteiger partial charge is 0.573 e. The van der Waals surface area contributed by atoms with Gasteiger partial charge in [0.2, 0.25) is 5.13 Å². The molecule has 0 aliphatic heterocycles. The van der Waals surface area contributed by atoms with Crippen molar-refractivity contribution in [3.8, 4) is 5.75 Å². The highest BCUT2D eigenvalue weighted by atomic mass is 32.1. The zero-order chi connectivity index (χ0) is 24.8. The summed E-state index contributed by atoms with van der Waals surface area (Å²) in [5.74, 6) is -0.0985. The van der Waals surface area contributed by atoms with Gasteiger partial charge in [0.1, 0.15) is 10.8 Å². The second-order valence-corrected chi connectivity index (χ2v) is 9.36. The zero-order valence-corrected chi connectivity index (χ0v) is 19.7. The molecule has 0 radical (unpaired) electrons. The number of hydrogen-bond donors (Lipinski definition) is 1. The molecule has 8 nitrogen and oxygen atoms in total. The predicted octanol–water partition coefficient (Wildman–Crippen LogP) is 5.07. The van der Waals surface area contributed by atoms with Crippen molar-refractivity contribution in [1.29, 1.82) is 0 Å². The number of aromatic nitrogens is 4. The van der Waals surface area contributed by atoms with E-state index in [4.69, 9.17) is 4.74 Å². The number of carbonyl (C=O) groups is 1. The number of methoxy groups -OCH3 is 1. The summed E-state index contributed by atoms with van der Waals surface area (Å²) in [5, 5.41) is 20.2. The van der Waals surface area contributed by atoms with Crippen LogP contribution in [0.2, 0.25) is 0 Å². The van der Waals surface area contributed by atoms with Crippen molar-refractivity contribution in [2.75, 3.05) is 12.4 Å². The lowest BCUT2D eigenvalue weighted by molar-refractivity contribution is -0.274. The highest BCUT2D eigenvalue weighted by Crippen LogP contribution is 2.37. The van der Waals surface area contributed by atoms with E-state index < -0.39 is 24.1 Å². The van der Waals surface area contributed by atoms with Gasteiger partial charge in [-0.25, -0.2) is 0 Å². The van der Waals surface area contributed by atoms with Gasteiger partial charge in [-0.15, -0.1) is 23.4 Å². The van der Waals surface area contributed by atoms with Crippen LogP contribution in [0.3, 0.4) is 0 Å². The maximum atomic E-state index is 12.7. The Balaban J connectivity index is 1.32. The number of anilines is 1. The number of nitrogens with one attached hydrogen (secondary N) is 1. The zero-order valence-electron chi connectivity index (χ0n) is 18.9. The number of amides is 1. The quantitative estimate of drug-likeness (QED) is 0.455. The molecule has 4 rings (SSSR count). The number of benzene rings is 1. The number of hydrogen-bond acceptors (Lipinski definition) is 8. The highest BCUT2D eigenvalue weighted by Gasteiger charge is 2.32. The Hall–Kier alpha value is -3.12. The van der Waals surface area contributed by atoms with Crippen LogP contribution in [-0.4, -0.2) is 39.8 Å². The molecule has 1 aliphatic rings. The van der Waals surface area contributed by atoms with E-state index in [2.05, 4.69) is 30.4 Å². The minimum absolute atomic E-state index is 0.219. The lowest BCUT2D eigenvalue weighted by Gasteiger charge is -2.27. The molecule has 1 amide bonds. The van der Waals surface area contributed by atoms with Gasteiger partial charge in [0.05, 0.1) is 5.69 Å². The fourth-order valence-electron chi connectivity index (χ4n) is 4.27. The molecule has 2 heterocycles. The molecule has 1 atom stereocenters. The van der Waals surface area contributed by atoms with E-state index in [1.54, 1.807) is 6.20 Å². The summed E-state index contributed by atoms with van der Waals surface area (Å²) in [6.45, 7) is 0. The van der Waals surface area contributed by atoms with Crippen molar-refractivity contribution in [3.05, 3.63) is 58.9 Å². The molecule has 1 N–H and O–H groups in total.